The maximum absolute atomic E-state index is 13.4. The Labute approximate surface area is 147 Å². The van der Waals surface area contributed by atoms with Crippen LogP contribution >= 0.6 is 0 Å². The standard InChI is InChI=1S/C21H22F2O2/c1-2-3-4-5-15-13-24-21(25-14-15)17-8-6-16(7-9-17)18-10-11-19(22)20(23)12-18/h4-12,15,21H,2-3,13-14H2,1H3/t15-,21-. The van der Waals surface area contributed by atoms with Crippen molar-refractivity contribution in [2.24, 2.45) is 5.92 Å². The fourth-order valence-electron chi connectivity index (χ4n) is 2.79. The Morgan fingerprint density at radius 1 is 0.960 bits per heavy atom. The molecule has 0 saturated carbocycles. The molecule has 0 radical (unpaired) electrons. The molecule has 0 bridgehead atoms. The van der Waals surface area contributed by atoms with Gasteiger partial charge in [-0.05, 0) is 29.7 Å². The number of benzene rings is 2. The first-order valence-electron chi connectivity index (χ1n) is 8.62. The molecule has 2 nitrogen and oxygen atoms in total. The number of allylic oxidation sites excluding steroid dienone is 1. The van der Waals surface area contributed by atoms with Gasteiger partial charge in [0.25, 0.3) is 0 Å². The monoisotopic (exact) mass is 344 g/mol. The predicted octanol–water partition coefficient (Wildman–Crippen LogP) is 5.65. The summed E-state index contributed by atoms with van der Waals surface area (Å²) in [6.45, 7) is 3.42. The van der Waals surface area contributed by atoms with E-state index in [1.54, 1.807) is 6.07 Å². The summed E-state index contributed by atoms with van der Waals surface area (Å²) in [4.78, 5) is 0. The molecule has 1 saturated heterocycles. The van der Waals surface area contributed by atoms with Crippen LogP contribution in [0.3, 0.4) is 0 Å². The lowest BCUT2D eigenvalue weighted by Crippen LogP contribution is -2.25. The highest BCUT2D eigenvalue weighted by atomic mass is 19.2. The van der Waals surface area contributed by atoms with Gasteiger partial charge in [0.2, 0.25) is 0 Å². The molecule has 0 aliphatic carbocycles. The Balaban J connectivity index is 1.62. The van der Waals surface area contributed by atoms with E-state index in [1.165, 1.54) is 6.07 Å². The maximum Gasteiger partial charge on any atom is 0.183 e. The molecule has 1 aliphatic heterocycles. The average Bonchev–Trinajstić information content (AvgIpc) is 2.65. The second-order valence-corrected chi connectivity index (χ2v) is 6.23. The van der Waals surface area contributed by atoms with Crippen LogP contribution in [0.5, 0.6) is 0 Å². The van der Waals surface area contributed by atoms with Gasteiger partial charge in [0.15, 0.2) is 17.9 Å². The SMILES string of the molecule is CCCC=C[C@H]1CO[C@H](c2ccc(-c3ccc(F)c(F)c3)cc2)OC1. The molecular weight excluding hydrogens is 322 g/mol. The largest absolute Gasteiger partial charge is 0.348 e. The number of hydrogen-bond acceptors (Lipinski definition) is 2. The average molecular weight is 344 g/mol. The molecule has 3 rings (SSSR count). The summed E-state index contributed by atoms with van der Waals surface area (Å²) in [5.41, 5.74) is 2.37. The van der Waals surface area contributed by atoms with Crippen LogP contribution in [0, 0.1) is 17.6 Å². The lowest BCUT2D eigenvalue weighted by molar-refractivity contribution is -0.197. The zero-order chi connectivity index (χ0) is 17.6. The summed E-state index contributed by atoms with van der Waals surface area (Å²) in [5.74, 6) is -1.39. The van der Waals surface area contributed by atoms with E-state index in [0.29, 0.717) is 24.7 Å². The van der Waals surface area contributed by atoms with Crippen LogP contribution in [0.15, 0.2) is 54.6 Å². The molecule has 0 atom stereocenters. The van der Waals surface area contributed by atoms with Gasteiger partial charge in [-0.25, -0.2) is 8.78 Å². The van der Waals surface area contributed by atoms with E-state index in [2.05, 4.69) is 19.1 Å². The van der Waals surface area contributed by atoms with E-state index in [1.807, 2.05) is 24.3 Å². The van der Waals surface area contributed by atoms with Crippen LogP contribution < -0.4 is 0 Å². The minimum atomic E-state index is -0.845. The quantitative estimate of drug-likeness (QED) is 0.653. The van der Waals surface area contributed by atoms with Crippen LogP contribution in [-0.2, 0) is 9.47 Å². The molecule has 132 valence electrons. The summed E-state index contributed by atoms with van der Waals surface area (Å²) in [6, 6.07) is 11.4. The maximum atomic E-state index is 13.4. The van der Waals surface area contributed by atoms with Crippen LogP contribution in [0.1, 0.15) is 31.6 Å². The van der Waals surface area contributed by atoms with E-state index in [0.717, 1.165) is 30.0 Å². The molecule has 4 heteroatoms. The minimum absolute atomic E-state index is 0.296. The molecular formula is C21H22F2O2. The second kappa shape index (κ2) is 8.37. The number of unbranched alkanes of at least 4 members (excludes halogenated alkanes) is 1. The normalized spacial score (nSPS) is 20.9. The van der Waals surface area contributed by atoms with Crippen molar-refractivity contribution in [3.05, 3.63) is 71.8 Å². The fourth-order valence-corrected chi connectivity index (χ4v) is 2.79. The molecule has 0 aromatic heterocycles. The van der Waals surface area contributed by atoms with Crippen LogP contribution in [-0.4, -0.2) is 13.2 Å². The first-order chi connectivity index (χ1) is 12.2. The fraction of sp³-hybridized carbons (Fsp3) is 0.333. The van der Waals surface area contributed by atoms with Gasteiger partial charge in [0, 0.05) is 11.5 Å². The van der Waals surface area contributed by atoms with Crippen molar-refractivity contribution in [3.8, 4) is 11.1 Å². The van der Waals surface area contributed by atoms with E-state index in [9.17, 15) is 8.78 Å². The van der Waals surface area contributed by atoms with Gasteiger partial charge in [-0.1, -0.05) is 55.8 Å². The minimum Gasteiger partial charge on any atom is -0.348 e. The van der Waals surface area contributed by atoms with E-state index in [-0.39, 0.29) is 6.29 Å². The van der Waals surface area contributed by atoms with E-state index < -0.39 is 11.6 Å². The molecule has 2 aromatic rings. The molecule has 0 unspecified atom stereocenters. The van der Waals surface area contributed by atoms with Crippen molar-refractivity contribution in [3.63, 3.8) is 0 Å². The van der Waals surface area contributed by atoms with E-state index in [4.69, 9.17) is 9.47 Å². The number of rotatable bonds is 5. The molecule has 1 heterocycles. The lowest BCUT2D eigenvalue weighted by atomic mass is 10.0. The van der Waals surface area contributed by atoms with Gasteiger partial charge in [-0.3, -0.25) is 0 Å². The Bertz CT molecular complexity index is 717. The molecule has 25 heavy (non-hydrogen) atoms. The van der Waals surface area contributed by atoms with Crippen LogP contribution in [0.25, 0.3) is 11.1 Å². The Morgan fingerprint density at radius 2 is 1.64 bits per heavy atom. The Kier molecular flexibility index (Phi) is 5.95. The summed E-state index contributed by atoms with van der Waals surface area (Å²) in [7, 11) is 0. The zero-order valence-corrected chi connectivity index (χ0v) is 14.3. The summed E-state index contributed by atoms with van der Waals surface area (Å²) < 4.78 is 38.0. The van der Waals surface area contributed by atoms with Crippen molar-refractivity contribution < 1.29 is 18.3 Å². The van der Waals surface area contributed by atoms with E-state index >= 15 is 0 Å². The number of ether oxygens (including phenoxy) is 2. The van der Waals surface area contributed by atoms with Gasteiger partial charge >= 0.3 is 0 Å². The van der Waals surface area contributed by atoms with Crippen LogP contribution in [0.2, 0.25) is 0 Å². The molecule has 0 N–H and O–H groups in total. The highest BCUT2D eigenvalue weighted by Gasteiger charge is 2.22. The lowest BCUT2D eigenvalue weighted by Gasteiger charge is -2.28. The van der Waals surface area contributed by atoms with Crippen molar-refractivity contribution in [2.75, 3.05) is 13.2 Å². The summed E-state index contributed by atoms with van der Waals surface area (Å²) in [5, 5.41) is 0. The van der Waals surface area contributed by atoms with Crippen molar-refractivity contribution >= 4 is 0 Å². The second-order valence-electron chi connectivity index (χ2n) is 6.23. The van der Waals surface area contributed by atoms with Crippen molar-refractivity contribution in [1.82, 2.24) is 0 Å². The topological polar surface area (TPSA) is 18.5 Å². The van der Waals surface area contributed by atoms with Crippen molar-refractivity contribution in [1.29, 1.82) is 0 Å². The molecule has 0 spiro atoms. The predicted molar refractivity (Wildman–Crippen MR) is 94.0 cm³/mol. The highest BCUT2D eigenvalue weighted by molar-refractivity contribution is 5.63. The zero-order valence-electron chi connectivity index (χ0n) is 14.3. The van der Waals surface area contributed by atoms with Gasteiger partial charge in [0.05, 0.1) is 13.2 Å². The molecule has 0 amide bonds. The molecule has 1 aliphatic rings. The number of hydrogen-bond donors (Lipinski definition) is 0. The van der Waals surface area contributed by atoms with Crippen molar-refractivity contribution in [2.45, 2.75) is 26.1 Å². The van der Waals surface area contributed by atoms with Gasteiger partial charge in [0.1, 0.15) is 0 Å². The number of halogens is 2. The third kappa shape index (κ3) is 4.53. The summed E-state index contributed by atoms with van der Waals surface area (Å²) >= 11 is 0. The van der Waals surface area contributed by atoms with Crippen LogP contribution in [0.4, 0.5) is 8.78 Å². The van der Waals surface area contributed by atoms with Gasteiger partial charge in [-0.2, -0.15) is 0 Å². The third-order valence-corrected chi connectivity index (χ3v) is 4.22. The first-order valence-corrected chi connectivity index (χ1v) is 8.62. The highest BCUT2D eigenvalue weighted by Crippen LogP contribution is 2.28. The third-order valence-electron chi connectivity index (χ3n) is 4.22. The van der Waals surface area contributed by atoms with Gasteiger partial charge in [-0.15, -0.1) is 0 Å². The molecule has 2 aromatic carbocycles. The van der Waals surface area contributed by atoms with Gasteiger partial charge < -0.3 is 9.47 Å². The summed E-state index contributed by atoms with van der Waals surface area (Å²) in [6.07, 6.45) is 6.17. The Hall–Kier alpha value is -2.04. The smallest absolute Gasteiger partial charge is 0.183 e. The first kappa shape index (κ1) is 17.8. The molecule has 1 fully saturated rings. The Morgan fingerprint density at radius 3 is 2.28 bits per heavy atom.